The Bertz CT molecular complexity index is 782. The molecule has 1 aliphatic heterocycles. The van der Waals surface area contributed by atoms with Crippen molar-refractivity contribution >= 4 is 17.4 Å². The minimum absolute atomic E-state index is 0.00844. The normalized spacial score (nSPS) is 13.3. The molecule has 2 aromatic carbocycles. The second-order valence-electron chi connectivity index (χ2n) is 5.92. The van der Waals surface area contributed by atoms with Gasteiger partial charge in [0.05, 0.1) is 6.61 Å². The molecule has 0 saturated carbocycles. The van der Waals surface area contributed by atoms with Crippen LogP contribution in [0.15, 0.2) is 42.5 Å². The summed E-state index contributed by atoms with van der Waals surface area (Å²) in [4.78, 5) is 26.4. The lowest BCUT2D eigenvalue weighted by Gasteiger charge is -2.30. The number of ketones is 1. The van der Waals surface area contributed by atoms with Gasteiger partial charge in [0.25, 0.3) is 5.91 Å². The average molecular weight is 323 g/mol. The average Bonchev–Trinajstić information content (AvgIpc) is 2.60. The molecule has 0 aliphatic carbocycles. The van der Waals surface area contributed by atoms with E-state index in [2.05, 4.69) is 0 Å². The van der Waals surface area contributed by atoms with Gasteiger partial charge in [-0.2, -0.15) is 0 Å². The molecule has 0 unspecified atom stereocenters. The van der Waals surface area contributed by atoms with E-state index in [-0.39, 0.29) is 11.7 Å². The molecule has 0 radical (unpaired) electrons. The van der Waals surface area contributed by atoms with Crippen LogP contribution >= 0.6 is 0 Å². The number of amides is 1. The van der Waals surface area contributed by atoms with Crippen LogP contribution in [-0.2, 0) is 6.42 Å². The van der Waals surface area contributed by atoms with E-state index in [0.717, 1.165) is 24.1 Å². The first kappa shape index (κ1) is 16.2. The summed E-state index contributed by atoms with van der Waals surface area (Å²) in [5.41, 5.74) is 3.19. The molecule has 1 amide bonds. The standard InChI is InChI=1S/C20H21NO3/c1-3-24-18-8-4-6-17(12-18)20(23)21-11-5-7-15-9-10-16(14(2)22)13-19(15)21/h4,6,8-10,12-13H,3,5,7,11H2,1-2H3. The van der Waals surface area contributed by atoms with E-state index >= 15 is 0 Å². The van der Waals surface area contributed by atoms with Crippen molar-refractivity contribution < 1.29 is 14.3 Å². The molecule has 4 nitrogen and oxygen atoms in total. The quantitative estimate of drug-likeness (QED) is 0.802. The zero-order valence-corrected chi connectivity index (χ0v) is 14.0. The predicted molar refractivity (Wildman–Crippen MR) is 94.1 cm³/mol. The van der Waals surface area contributed by atoms with E-state index in [4.69, 9.17) is 4.74 Å². The monoisotopic (exact) mass is 323 g/mol. The Morgan fingerprint density at radius 1 is 1.12 bits per heavy atom. The summed E-state index contributed by atoms with van der Waals surface area (Å²) in [6, 6.07) is 12.9. The van der Waals surface area contributed by atoms with Crippen LogP contribution in [0.25, 0.3) is 0 Å². The topological polar surface area (TPSA) is 46.6 Å². The van der Waals surface area contributed by atoms with Gasteiger partial charge in [0.15, 0.2) is 5.78 Å². The van der Waals surface area contributed by atoms with Crippen molar-refractivity contribution in [1.82, 2.24) is 0 Å². The minimum Gasteiger partial charge on any atom is -0.494 e. The summed E-state index contributed by atoms with van der Waals surface area (Å²) in [6.45, 7) is 4.68. The minimum atomic E-state index is -0.0572. The fourth-order valence-electron chi connectivity index (χ4n) is 3.05. The SMILES string of the molecule is CCOc1cccc(C(=O)N2CCCc3ccc(C(C)=O)cc32)c1. The van der Waals surface area contributed by atoms with E-state index in [1.54, 1.807) is 24.0 Å². The zero-order chi connectivity index (χ0) is 17.1. The number of anilines is 1. The molecule has 3 rings (SSSR count). The number of aryl methyl sites for hydroxylation is 1. The lowest BCUT2D eigenvalue weighted by Crippen LogP contribution is -2.35. The Kier molecular flexibility index (Phi) is 4.65. The first-order valence-electron chi connectivity index (χ1n) is 8.28. The number of fused-ring (bicyclic) bond motifs is 1. The Balaban J connectivity index is 1.96. The number of rotatable bonds is 4. The van der Waals surface area contributed by atoms with Gasteiger partial charge < -0.3 is 9.64 Å². The number of hydrogen-bond donors (Lipinski definition) is 0. The van der Waals surface area contributed by atoms with Crippen LogP contribution in [0.2, 0.25) is 0 Å². The van der Waals surface area contributed by atoms with Gasteiger partial charge in [-0.3, -0.25) is 9.59 Å². The second-order valence-corrected chi connectivity index (χ2v) is 5.92. The highest BCUT2D eigenvalue weighted by Gasteiger charge is 2.24. The third-order valence-corrected chi connectivity index (χ3v) is 4.25. The molecule has 0 N–H and O–H groups in total. The number of nitrogens with zero attached hydrogens (tertiary/aromatic N) is 1. The first-order chi connectivity index (χ1) is 11.6. The highest BCUT2D eigenvalue weighted by molar-refractivity contribution is 6.07. The van der Waals surface area contributed by atoms with Gasteiger partial charge in [0.1, 0.15) is 5.75 Å². The van der Waals surface area contributed by atoms with Crippen LogP contribution in [0.3, 0.4) is 0 Å². The van der Waals surface area contributed by atoms with Gasteiger partial charge in [0, 0.05) is 23.4 Å². The largest absolute Gasteiger partial charge is 0.494 e. The highest BCUT2D eigenvalue weighted by atomic mass is 16.5. The summed E-state index contributed by atoms with van der Waals surface area (Å²) in [7, 11) is 0. The van der Waals surface area contributed by atoms with Crippen molar-refractivity contribution in [2.24, 2.45) is 0 Å². The highest BCUT2D eigenvalue weighted by Crippen LogP contribution is 2.30. The Morgan fingerprint density at radius 2 is 1.96 bits per heavy atom. The molecule has 0 fully saturated rings. The Hall–Kier alpha value is -2.62. The summed E-state index contributed by atoms with van der Waals surface area (Å²) in [5.74, 6) is 0.644. The van der Waals surface area contributed by atoms with E-state index in [9.17, 15) is 9.59 Å². The maximum atomic E-state index is 13.0. The van der Waals surface area contributed by atoms with Gasteiger partial charge in [-0.1, -0.05) is 18.2 Å². The van der Waals surface area contributed by atoms with Gasteiger partial charge in [-0.15, -0.1) is 0 Å². The third-order valence-electron chi connectivity index (χ3n) is 4.25. The van der Waals surface area contributed by atoms with Crippen LogP contribution in [0.4, 0.5) is 5.69 Å². The van der Waals surface area contributed by atoms with Crippen LogP contribution in [-0.4, -0.2) is 24.8 Å². The molecule has 2 aromatic rings. The van der Waals surface area contributed by atoms with Crippen molar-refractivity contribution in [1.29, 1.82) is 0 Å². The smallest absolute Gasteiger partial charge is 0.258 e. The Morgan fingerprint density at radius 3 is 2.71 bits per heavy atom. The zero-order valence-electron chi connectivity index (χ0n) is 14.0. The van der Waals surface area contributed by atoms with E-state index in [0.29, 0.717) is 30.0 Å². The molecular weight excluding hydrogens is 302 g/mol. The van der Waals surface area contributed by atoms with Crippen LogP contribution in [0.1, 0.15) is 46.5 Å². The molecule has 0 spiro atoms. The maximum absolute atomic E-state index is 13.0. The fourth-order valence-corrected chi connectivity index (χ4v) is 3.05. The number of hydrogen-bond acceptors (Lipinski definition) is 3. The summed E-state index contributed by atoms with van der Waals surface area (Å²) < 4.78 is 5.49. The van der Waals surface area contributed by atoms with Crippen LogP contribution in [0.5, 0.6) is 5.75 Å². The predicted octanol–water partition coefficient (Wildman–Crippen LogP) is 3.88. The maximum Gasteiger partial charge on any atom is 0.258 e. The van der Waals surface area contributed by atoms with Crippen molar-refractivity contribution in [2.45, 2.75) is 26.7 Å². The molecule has 24 heavy (non-hydrogen) atoms. The van der Waals surface area contributed by atoms with Crippen molar-refractivity contribution in [3.05, 3.63) is 59.2 Å². The molecule has 0 atom stereocenters. The first-order valence-corrected chi connectivity index (χ1v) is 8.28. The molecule has 1 aliphatic rings. The van der Waals surface area contributed by atoms with Crippen molar-refractivity contribution in [2.75, 3.05) is 18.1 Å². The van der Waals surface area contributed by atoms with Gasteiger partial charge >= 0.3 is 0 Å². The molecule has 0 saturated heterocycles. The summed E-state index contributed by atoms with van der Waals surface area (Å²) in [5, 5.41) is 0. The second kappa shape index (κ2) is 6.87. The van der Waals surface area contributed by atoms with E-state index in [1.807, 2.05) is 37.3 Å². The number of carbonyl (C=O) groups excluding carboxylic acids is 2. The lowest BCUT2D eigenvalue weighted by molar-refractivity contribution is 0.0981. The summed E-state index contributed by atoms with van der Waals surface area (Å²) in [6.07, 6.45) is 1.85. The number of Topliss-reactive ketones (excluding diaryl/α,β-unsaturated/α-hetero) is 1. The Labute approximate surface area is 142 Å². The van der Waals surface area contributed by atoms with Crippen molar-refractivity contribution in [3.8, 4) is 5.75 Å². The van der Waals surface area contributed by atoms with Gasteiger partial charge in [0.2, 0.25) is 0 Å². The fraction of sp³-hybridized carbons (Fsp3) is 0.300. The number of carbonyl (C=O) groups is 2. The summed E-state index contributed by atoms with van der Waals surface area (Å²) >= 11 is 0. The molecule has 0 bridgehead atoms. The van der Waals surface area contributed by atoms with E-state index < -0.39 is 0 Å². The van der Waals surface area contributed by atoms with Gasteiger partial charge in [-0.05, 0) is 56.5 Å². The van der Waals surface area contributed by atoms with Crippen LogP contribution < -0.4 is 9.64 Å². The van der Waals surface area contributed by atoms with Crippen molar-refractivity contribution in [3.63, 3.8) is 0 Å². The number of ether oxygens (including phenoxy) is 1. The van der Waals surface area contributed by atoms with E-state index in [1.165, 1.54) is 0 Å². The molecule has 0 aromatic heterocycles. The molecule has 1 heterocycles. The molecule has 4 heteroatoms. The lowest BCUT2D eigenvalue weighted by atomic mass is 9.97. The number of benzene rings is 2. The van der Waals surface area contributed by atoms with Gasteiger partial charge in [-0.25, -0.2) is 0 Å². The molecular formula is C20H21NO3. The third kappa shape index (κ3) is 3.18. The van der Waals surface area contributed by atoms with Crippen LogP contribution in [0, 0.1) is 0 Å². The molecule has 124 valence electrons.